The van der Waals surface area contributed by atoms with Crippen LogP contribution in [0.2, 0.25) is 0 Å². The first-order chi connectivity index (χ1) is 13.9. The standard InChI is InChI=1S/C20H16BrIN2O4S/c1-2-28-16-8-3-12(9-15(16)21)10-17-19(26)24(20(27)29-17)11-18(25)23-14-6-4-13(22)5-7-14/h3-10H,2,11H2,1H3,(H,23,25)/b17-10-. The number of amides is 3. The van der Waals surface area contributed by atoms with E-state index in [1.807, 2.05) is 25.1 Å². The van der Waals surface area contributed by atoms with Crippen LogP contribution in [-0.4, -0.2) is 35.1 Å². The van der Waals surface area contributed by atoms with Crippen LogP contribution < -0.4 is 10.1 Å². The molecule has 0 unspecified atom stereocenters. The summed E-state index contributed by atoms with van der Waals surface area (Å²) in [4.78, 5) is 38.3. The molecule has 1 aliphatic heterocycles. The predicted octanol–water partition coefficient (Wildman–Crippen LogP) is 5.13. The molecule has 0 spiro atoms. The lowest BCUT2D eigenvalue weighted by atomic mass is 10.2. The van der Waals surface area contributed by atoms with Crippen molar-refractivity contribution in [3.8, 4) is 5.75 Å². The Morgan fingerprint density at radius 2 is 1.97 bits per heavy atom. The van der Waals surface area contributed by atoms with E-state index >= 15 is 0 Å². The molecule has 1 aliphatic rings. The molecule has 2 aromatic carbocycles. The Hall–Kier alpha value is -1.85. The van der Waals surface area contributed by atoms with E-state index in [2.05, 4.69) is 43.8 Å². The lowest BCUT2D eigenvalue weighted by Crippen LogP contribution is -2.36. The normalized spacial score (nSPS) is 15.1. The minimum Gasteiger partial charge on any atom is -0.493 e. The van der Waals surface area contributed by atoms with Crippen LogP contribution >= 0.6 is 50.3 Å². The van der Waals surface area contributed by atoms with Gasteiger partial charge in [-0.25, -0.2) is 0 Å². The topological polar surface area (TPSA) is 75.7 Å². The molecule has 0 saturated carbocycles. The molecule has 6 nitrogen and oxygen atoms in total. The molecular weight excluding hydrogens is 571 g/mol. The number of carbonyl (C=O) groups excluding carboxylic acids is 3. The molecule has 0 radical (unpaired) electrons. The minimum atomic E-state index is -0.484. The molecule has 0 aliphatic carbocycles. The molecule has 3 rings (SSSR count). The van der Waals surface area contributed by atoms with Crippen molar-refractivity contribution in [3.05, 3.63) is 61.0 Å². The number of carbonyl (C=O) groups is 3. The van der Waals surface area contributed by atoms with Gasteiger partial charge in [0, 0.05) is 9.26 Å². The van der Waals surface area contributed by atoms with E-state index in [0.29, 0.717) is 18.0 Å². The van der Waals surface area contributed by atoms with Crippen molar-refractivity contribution in [2.24, 2.45) is 0 Å². The van der Waals surface area contributed by atoms with Gasteiger partial charge in [0.15, 0.2) is 0 Å². The summed E-state index contributed by atoms with van der Waals surface area (Å²) >= 11 is 6.41. The maximum atomic E-state index is 12.6. The highest BCUT2D eigenvalue weighted by Gasteiger charge is 2.36. The number of ether oxygens (including phenoxy) is 1. The summed E-state index contributed by atoms with van der Waals surface area (Å²) in [6.45, 7) is 2.10. The number of nitrogens with one attached hydrogen (secondary N) is 1. The van der Waals surface area contributed by atoms with E-state index in [4.69, 9.17) is 4.74 Å². The number of rotatable bonds is 6. The molecule has 1 heterocycles. The number of imide groups is 1. The number of benzene rings is 2. The Labute approximate surface area is 194 Å². The van der Waals surface area contributed by atoms with Gasteiger partial charge in [-0.05, 0) is 105 Å². The van der Waals surface area contributed by atoms with E-state index in [1.54, 1.807) is 30.3 Å². The Morgan fingerprint density at radius 1 is 1.24 bits per heavy atom. The van der Waals surface area contributed by atoms with E-state index in [-0.39, 0.29) is 11.4 Å². The fourth-order valence-corrected chi connectivity index (χ4v) is 4.25. The number of anilines is 1. The quantitative estimate of drug-likeness (QED) is 0.375. The summed E-state index contributed by atoms with van der Waals surface area (Å²) < 4.78 is 7.26. The number of hydrogen-bond donors (Lipinski definition) is 1. The summed E-state index contributed by atoms with van der Waals surface area (Å²) in [7, 11) is 0. The molecule has 0 aromatic heterocycles. The smallest absolute Gasteiger partial charge is 0.294 e. The summed E-state index contributed by atoms with van der Waals surface area (Å²) in [5.74, 6) is -0.216. The van der Waals surface area contributed by atoms with Crippen LogP contribution in [0.15, 0.2) is 51.8 Å². The summed E-state index contributed by atoms with van der Waals surface area (Å²) in [5.41, 5.74) is 1.35. The Bertz CT molecular complexity index is 994. The largest absolute Gasteiger partial charge is 0.493 e. The molecule has 1 N–H and O–H groups in total. The van der Waals surface area contributed by atoms with Crippen LogP contribution in [0.25, 0.3) is 6.08 Å². The molecule has 3 amide bonds. The zero-order valence-electron chi connectivity index (χ0n) is 15.3. The first-order valence-electron chi connectivity index (χ1n) is 8.60. The average molecular weight is 587 g/mol. The van der Waals surface area contributed by atoms with Crippen LogP contribution in [0, 0.1) is 3.57 Å². The molecule has 1 fully saturated rings. The van der Waals surface area contributed by atoms with Crippen molar-refractivity contribution < 1.29 is 19.1 Å². The van der Waals surface area contributed by atoms with E-state index in [9.17, 15) is 14.4 Å². The fraction of sp³-hybridized carbons (Fsp3) is 0.150. The highest BCUT2D eigenvalue weighted by atomic mass is 127. The van der Waals surface area contributed by atoms with Crippen molar-refractivity contribution in [1.29, 1.82) is 0 Å². The van der Waals surface area contributed by atoms with Gasteiger partial charge in [0.25, 0.3) is 11.1 Å². The number of hydrogen-bond acceptors (Lipinski definition) is 5. The zero-order valence-corrected chi connectivity index (χ0v) is 19.8. The van der Waals surface area contributed by atoms with Gasteiger partial charge in [0.1, 0.15) is 12.3 Å². The second kappa shape index (κ2) is 9.77. The lowest BCUT2D eigenvalue weighted by molar-refractivity contribution is -0.127. The van der Waals surface area contributed by atoms with Crippen molar-refractivity contribution in [1.82, 2.24) is 4.90 Å². The molecule has 9 heteroatoms. The molecule has 0 atom stereocenters. The lowest BCUT2D eigenvalue weighted by Gasteiger charge is -2.12. The molecule has 0 bridgehead atoms. The second-order valence-electron chi connectivity index (χ2n) is 5.95. The predicted molar refractivity (Wildman–Crippen MR) is 126 cm³/mol. The minimum absolute atomic E-state index is 0.271. The third kappa shape index (κ3) is 5.61. The molecule has 2 aromatic rings. The highest BCUT2D eigenvalue weighted by molar-refractivity contribution is 14.1. The van der Waals surface area contributed by atoms with Crippen LogP contribution in [0.4, 0.5) is 10.5 Å². The maximum absolute atomic E-state index is 12.6. The first-order valence-corrected chi connectivity index (χ1v) is 11.3. The van der Waals surface area contributed by atoms with Gasteiger partial charge in [-0.1, -0.05) is 6.07 Å². The summed E-state index contributed by atoms with van der Waals surface area (Å²) in [6, 6.07) is 12.6. The van der Waals surface area contributed by atoms with Crippen molar-refractivity contribution in [3.63, 3.8) is 0 Å². The van der Waals surface area contributed by atoms with Crippen molar-refractivity contribution in [2.75, 3.05) is 18.5 Å². The Balaban J connectivity index is 1.69. The maximum Gasteiger partial charge on any atom is 0.294 e. The first kappa shape index (κ1) is 21.8. The van der Waals surface area contributed by atoms with E-state index in [0.717, 1.165) is 30.3 Å². The van der Waals surface area contributed by atoms with Gasteiger partial charge in [0.2, 0.25) is 5.91 Å². The highest BCUT2D eigenvalue weighted by Crippen LogP contribution is 2.33. The van der Waals surface area contributed by atoms with Crippen LogP contribution in [0.5, 0.6) is 5.75 Å². The zero-order chi connectivity index (χ0) is 21.0. The van der Waals surface area contributed by atoms with Crippen molar-refractivity contribution >= 4 is 79.1 Å². The number of halogens is 2. The average Bonchev–Trinajstić information content (AvgIpc) is 2.93. The number of nitrogens with zero attached hydrogens (tertiary/aromatic N) is 1. The Kier molecular flexibility index (Phi) is 7.36. The molecular formula is C20H16BrIN2O4S. The third-order valence-electron chi connectivity index (χ3n) is 3.86. The van der Waals surface area contributed by atoms with Crippen LogP contribution in [-0.2, 0) is 9.59 Å². The summed E-state index contributed by atoms with van der Waals surface area (Å²) in [6.07, 6.45) is 1.63. The third-order valence-corrected chi connectivity index (χ3v) is 6.10. The van der Waals surface area contributed by atoms with Gasteiger partial charge in [-0.15, -0.1) is 0 Å². The van der Waals surface area contributed by atoms with Gasteiger partial charge >= 0.3 is 0 Å². The Morgan fingerprint density at radius 3 is 2.62 bits per heavy atom. The van der Waals surface area contributed by atoms with Gasteiger partial charge < -0.3 is 10.1 Å². The van der Waals surface area contributed by atoms with Gasteiger partial charge in [-0.2, -0.15) is 0 Å². The molecule has 150 valence electrons. The molecule has 29 heavy (non-hydrogen) atoms. The molecule has 1 saturated heterocycles. The SMILES string of the molecule is CCOc1ccc(/C=C2\SC(=O)N(CC(=O)Nc3ccc(I)cc3)C2=O)cc1Br. The number of thioether (sulfide) groups is 1. The van der Waals surface area contributed by atoms with E-state index in [1.165, 1.54) is 0 Å². The van der Waals surface area contributed by atoms with E-state index < -0.39 is 17.1 Å². The van der Waals surface area contributed by atoms with Crippen LogP contribution in [0.3, 0.4) is 0 Å². The summed E-state index contributed by atoms with van der Waals surface area (Å²) in [5, 5.41) is 2.22. The monoisotopic (exact) mass is 586 g/mol. The second-order valence-corrected chi connectivity index (χ2v) is 9.04. The fourth-order valence-electron chi connectivity index (χ4n) is 2.54. The van der Waals surface area contributed by atoms with Crippen molar-refractivity contribution in [2.45, 2.75) is 6.92 Å². The van der Waals surface area contributed by atoms with Gasteiger partial charge in [0.05, 0.1) is 16.0 Å². The van der Waals surface area contributed by atoms with Crippen LogP contribution in [0.1, 0.15) is 12.5 Å². The van der Waals surface area contributed by atoms with Gasteiger partial charge in [-0.3, -0.25) is 19.3 Å².